The number of nitrogens with zero attached hydrogens (tertiary/aromatic N) is 5. The molecular formula is C21H18FN5O2. The third-order valence-corrected chi connectivity index (χ3v) is 5.11. The van der Waals surface area contributed by atoms with Gasteiger partial charge in [-0.15, -0.1) is 0 Å². The summed E-state index contributed by atoms with van der Waals surface area (Å²) >= 11 is 0. The van der Waals surface area contributed by atoms with Crippen LogP contribution in [0.4, 0.5) is 14.9 Å². The number of carbonyl (C=O) groups is 1. The lowest BCUT2D eigenvalue weighted by atomic mass is 10.1. The molecule has 0 atom stereocenters. The summed E-state index contributed by atoms with van der Waals surface area (Å²) in [6.07, 6.45) is 5.42. The highest BCUT2D eigenvalue weighted by atomic mass is 19.1. The first-order chi connectivity index (χ1) is 14.2. The molecule has 2 aromatic heterocycles. The molecule has 1 saturated heterocycles. The highest BCUT2D eigenvalue weighted by Crippen LogP contribution is 2.31. The van der Waals surface area contributed by atoms with Crippen LogP contribution < -0.4 is 4.90 Å². The zero-order valence-corrected chi connectivity index (χ0v) is 15.5. The summed E-state index contributed by atoms with van der Waals surface area (Å²) in [6, 6.07) is 12.0. The molecule has 2 amide bonds. The second-order valence-electron chi connectivity index (χ2n) is 6.91. The average Bonchev–Trinajstić information content (AvgIpc) is 3.40. The molecule has 0 radical (unpaired) electrons. The molecule has 0 spiro atoms. The van der Waals surface area contributed by atoms with Crippen molar-refractivity contribution in [1.29, 1.82) is 0 Å². The lowest BCUT2D eigenvalue weighted by molar-refractivity contribution is 0.192. The van der Waals surface area contributed by atoms with E-state index in [0.29, 0.717) is 31.0 Å². The number of oxazole rings is 1. The summed E-state index contributed by atoms with van der Waals surface area (Å²) in [6.45, 7) is 1.67. The van der Waals surface area contributed by atoms with Crippen LogP contribution in [-0.4, -0.2) is 38.8 Å². The summed E-state index contributed by atoms with van der Waals surface area (Å²) in [4.78, 5) is 20.7. The maximum atomic E-state index is 14.3. The van der Waals surface area contributed by atoms with E-state index in [1.54, 1.807) is 45.1 Å². The number of carbonyl (C=O) groups excluding carboxylic acids is 1. The van der Waals surface area contributed by atoms with Gasteiger partial charge in [0.25, 0.3) is 0 Å². The monoisotopic (exact) mass is 391 g/mol. The summed E-state index contributed by atoms with van der Waals surface area (Å²) in [5.41, 5.74) is 2.59. The van der Waals surface area contributed by atoms with Crippen LogP contribution in [-0.2, 0) is 6.54 Å². The number of para-hydroxylation sites is 1. The fourth-order valence-electron chi connectivity index (χ4n) is 3.75. The number of fused-ring (bicyclic) bond motifs is 1. The van der Waals surface area contributed by atoms with Crippen LogP contribution in [0.1, 0.15) is 12.1 Å². The number of rotatable bonds is 4. The van der Waals surface area contributed by atoms with E-state index in [1.165, 1.54) is 12.5 Å². The Hall–Kier alpha value is -3.68. The van der Waals surface area contributed by atoms with Crippen molar-refractivity contribution < 1.29 is 13.6 Å². The van der Waals surface area contributed by atoms with Crippen LogP contribution in [0.15, 0.2) is 65.7 Å². The molecule has 0 N–H and O–H groups in total. The first-order valence-corrected chi connectivity index (χ1v) is 9.37. The van der Waals surface area contributed by atoms with Crippen LogP contribution >= 0.6 is 0 Å². The molecule has 1 fully saturated rings. The Kier molecular flexibility index (Phi) is 4.23. The summed E-state index contributed by atoms with van der Waals surface area (Å²) in [5.74, 6) is -0.351. The summed E-state index contributed by atoms with van der Waals surface area (Å²) in [7, 11) is 0. The highest BCUT2D eigenvalue weighted by Gasteiger charge is 2.29. The number of amides is 2. The normalized spacial score (nSPS) is 14.7. The maximum Gasteiger partial charge on any atom is 0.324 e. The minimum absolute atomic E-state index is 0.0922. The lowest BCUT2D eigenvalue weighted by Crippen LogP contribution is -2.49. The number of anilines is 1. The standard InChI is InChI=1S/C21H18FN5O2/c22-17-5-1-2-6-20(17)27-19-8-3-7-18(16(19)11-24-27)26-10-4-9-25(21(26)28)12-15-13-29-14-23-15/h1-3,5-8,11,13-14H,4,9-10,12H2. The third kappa shape index (κ3) is 3.02. The predicted molar refractivity (Wildman–Crippen MR) is 105 cm³/mol. The van der Waals surface area contributed by atoms with Gasteiger partial charge >= 0.3 is 6.03 Å². The molecule has 0 aliphatic carbocycles. The Morgan fingerprint density at radius 2 is 1.93 bits per heavy atom. The van der Waals surface area contributed by atoms with Crippen molar-refractivity contribution in [3.63, 3.8) is 0 Å². The molecule has 0 unspecified atom stereocenters. The molecule has 7 nitrogen and oxygen atoms in total. The van der Waals surface area contributed by atoms with E-state index in [4.69, 9.17) is 4.42 Å². The van der Waals surface area contributed by atoms with Crippen molar-refractivity contribution in [2.75, 3.05) is 18.0 Å². The van der Waals surface area contributed by atoms with Gasteiger partial charge in [0.2, 0.25) is 0 Å². The minimum atomic E-state index is -0.351. The zero-order valence-electron chi connectivity index (χ0n) is 15.5. The second kappa shape index (κ2) is 7.05. The number of hydrogen-bond acceptors (Lipinski definition) is 4. The van der Waals surface area contributed by atoms with Crippen LogP contribution in [0.5, 0.6) is 0 Å². The van der Waals surface area contributed by atoms with Gasteiger partial charge in [-0.1, -0.05) is 18.2 Å². The molecule has 1 aliphatic heterocycles. The van der Waals surface area contributed by atoms with Gasteiger partial charge in [0, 0.05) is 18.5 Å². The topological polar surface area (TPSA) is 67.4 Å². The van der Waals surface area contributed by atoms with Gasteiger partial charge in [-0.3, -0.25) is 4.90 Å². The van der Waals surface area contributed by atoms with Crippen molar-refractivity contribution in [2.45, 2.75) is 13.0 Å². The molecule has 4 aromatic rings. The van der Waals surface area contributed by atoms with Crippen molar-refractivity contribution >= 4 is 22.6 Å². The second-order valence-corrected chi connectivity index (χ2v) is 6.91. The fraction of sp³-hybridized carbons (Fsp3) is 0.190. The molecular weight excluding hydrogens is 373 g/mol. The largest absolute Gasteiger partial charge is 0.451 e. The van der Waals surface area contributed by atoms with Crippen molar-refractivity contribution in [2.24, 2.45) is 0 Å². The van der Waals surface area contributed by atoms with E-state index < -0.39 is 0 Å². The van der Waals surface area contributed by atoms with Gasteiger partial charge in [-0.2, -0.15) is 5.10 Å². The molecule has 1 aliphatic rings. The maximum absolute atomic E-state index is 14.3. The Balaban J connectivity index is 1.52. The van der Waals surface area contributed by atoms with E-state index in [0.717, 1.165) is 23.0 Å². The highest BCUT2D eigenvalue weighted by molar-refractivity contribution is 6.02. The number of urea groups is 1. The van der Waals surface area contributed by atoms with Crippen LogP contribution in [0.2, 0.25) is 0 Å². The van der Waals surface area contributed by atoms with Gasteiger partial charge in [0.1, 0.15) is 17.8 Å². The smallest absolute Gasteiger partial charge is 0.324 e. The van der Waals surface area contributed by atoms with Crippen molar-refractivity contribution in [1.82, 2.24) is 19.7 Å². The Labute approximate surface area is 166 Å². The van der Waals surface area contributed by atoms with Crippen LogP contribution in [0.25, 0.3) is 16.6 Å². The molecule has 5 rings (SSSR count). The number of hydrogen-bond donors (Lipinski definition) is 0. The Morgan fingerprint density at radius 3 is 2.76 bits per heavy atom. The number of benzene rings is 2. The zero-order chi connectivity index (χ0) is 19.8. The predicted octanol–water partition coefficient (Wildman–Crippen LogP) is 3.98. The van der Waals surface area contributed by atoms with E-state index in [9.17, 15) is 9.18 Å². The van der Waals surface area contributed by atoms with Gasteiger partial charge < -0.3 is 9.32 Å². The molecule has 2 aromatic carbocycles. The van der Waals surface area contributed by atoms with Gasteiger partial charge in [0.05, 0.1) is 29.6 Å². The molecule has 0 saturated carbocycles. The first kappa shape index (κ1) is 17.4. The van der Waals surface area contributed by atoms with E-state index in [-0.39, 0.29) is 11.8 Å². The molecule has 29 heavy (non-hydrogen) atoms. The lowest BCUT2D eigenvalue weighted by Gasteiger charge is -2.35. The quantitative estimate of drug-likeness (QED) is 0.528. The van der Waals surface area contributed by atoms with Crippen LogP contribution in [0.3, 0.4) is 0 Å². The Morgan fingerprint density at radius 1 is 1.07 bits per heavy atom. The molecule has 8 heteroatoms. The fourth-order valence-corrected chi connectivity index (χ4v) is 3.75. The van der Waals surface area contributed by atoms with Crippen molar-refractivity contribution in [3.05, 3.63) is 72.8 Å². The molecule has 0 bridgehead atoms. The minimum Gasteiger partial charge on any atom is -0.451 e. The molecule has 146 valence electrons. The van der Waals surface area contributed by atoms with E-state index in [2.05, 4.69) is 10.1 Å². The Bertz CT molecular complexity index is 1170. The average molecular weight is 391 g/mol. The number of halogens is 1. The van der Waals surface area contributed by atoms with E-state index >= 15 is 0 Å². The number of aromatic nitrogens is 3. The van der Waals surface area contributed by atoms with Gasteiger partial charge in [0.15, 0.2) is 6.39 Å². The van der Waals surface area contributed by atoms with Gasteiger partial charge in [-0.05, 0) is 30.7 Å². The SMILES string of the molecule is O=C1N(Cc2cocn2)CCCN1c1cccc2c1cnn2-c1ccccc1F. The van der Waals surface area contributed by atoms with Crippen molar-refractivity contribution in [3.8, 4) is 5.69 Å². The first-order valence-electron chi connectivity index (χ1n) is 9.37. The molecule has 3 heterocycles. The van der Waals surface area contributed by atoms with E-state index in [1.807, 2.05) is 18.2 Å². The summed E-state index contributed by atoms with van der Waals surface area (Å²) in [5, 5.41) is 5.19. The summed E-state index contributed by atoms with van der Waals surface area (Å²) < 4.78 is 20.9. The third-order valence-electron chi connectivity index (χ3n) is 5.11. The van der Waals surface area contributed by atoms with Crippen LogP contribution in [0, 0.1) is 5.82 Å². The van der Waals surface area contributed by atoms with Gasteiger partial charge in [-0.25, -0.2) is 18.9 Å².